The molecule has 0 radical (unpaired) electrons. The van der Waals surface area contributed by atoms with Gasteiger partial charge in [0.2, 0.25) is 5.91 Å². The largest absolute Gasteiger partial charge is 0.379 e. The quantitative estimate of drug-likeness (QED) is 0.696. The molecule has 0 N–H and O–H groups in total. The molecule has 25 heavy (non-hydrogen) atoms. The van der Waals surface area contributed by atoms with E-state index in [0.717, 1.165) is 17.9 Å². The number of ether oxygens (including phenoxy) is 1. The van der Waals surface area contributed by atoms with E-state index in [4.69, 9.17) is 4.74 Å². The Balaban J connectivity index is 1.62. The van der Waals surface area contributed by atoms with E-state index in [1.165, 1.54) is 25.7 Å². The van der Waals surface area contributed by atoms with Crippen LogP contribution in [0.15, 0.2) is 0 Å². The summed E-state index contributed by atoms with van der Waals surface area (Å²) in [7, 11) is 6.00. The normalized spacial score (nSPS) is 21.1. The molecule has 1 saturated carbocycles. The average Bonchev–Trinajstić information content (AvgIpc) is 3.21. The fourth-order valence-corrected chi connectivity index (χ4v) is 4.00. The number of hydrogen-bond acceptors (Lipinski definition) is 5. The lowest BCUT2D eigenvalue weighted by molar-refractivity contribution is -0.133. The highest BCUT2D eigenvalue weighted by Gasteiger charge is 2.33. The zero-order valence-corrected chi connectivity index (χ0v) is 15.8. The van der Waals surface area contributed by atoms with Crippen molar-refractivity contribution in [2.24, 2.45) is 13.0 Å². The van der Waals surface area contributed by atoms with Gasteiger partial charge in [-0.3, -0.25) is 9.48 Å². The third kappa shape index (κ3) is 4.58. The van der Waals surface area contributed by atoms with Crippen molar-refractivity contribution in [2.75, 3.05) is 40.4 Å². The van der Waals surface area contributed by atoms with E-state index in [-0.39, 0.29) is 11.8 Å². The van der Waals surface area contributed by atoms with Gasteiger partial charge in [0.25, 0.3) is 0 Å². The summed E-state index contributed by atoms with van der Waals surface area (Å²) in [6, 6.07) is 0. The van der Waals surface area contributed by atoms with Gasteiger partial charge in [0, 0.05) is 32.5 Å². The van der Waals surface area contributed by atoms with Crippen LogP contribution in [0, 0.1) is 5.92 Å². The second-order valence-corrected chi connectivity index (χ2v) is 7.75. The highest BCUT2D eigenvalue weighted by Crippen LogP contribution is 2.31. The topological polar surface area (TPSA) is 63.5 Å². The molecular formula is C18H31N5O2. The van der Waals surface area contributed by atoms with Gasteiger partial charge in [-0.05, 0) is 32.9 Å². The van der Waals surface area contributed by atoms with Gasteiger partial charge in [-0.25, -0.2) is 0 Å². The molecule has 1 fully saturated rings. The van der Waals surface area contributed by atoms with Crippen molar-refractivity contribution in [1.29, 1.82) is 0 Å². The van der Waals surface area contributed by atoms with Crippen LogP contribution in [0.25, 0.3) is 0 Å². The van der Waals surface area contributed by atoms with Gasteiger partial charge >= 0.3 is 0 Å². The first-order valence-electron chi connectivity index (χ1n) is 9.43. The first-order chi connectivity index (χ1) is 12.0. The van der Waals surface area contributed by atoms with Crippen LogP contribution in [-0.4, -0.2) is 71.1 Å². The highest BCUT2D eigenvalue weighted by molar-refractivity contribution is 5.76. The van der Waals surface area contributed by atoms with Crippen molar-refractivity contribution < 1.29 is 9.53 Å². The molecule has 3 rings (SSSR count). The van der Waals surface area contributed by atoms with E-state index in [1.807, 2.05) is 30.7 Å². The summed E-state index contributed by atoms with van der Waals surface area (Å²) in [5.74, 6) is 0.991. The molecule has 1 amide bonds. The molecule has 7 nitrogen and oxygen atoms in total. The molecule has 0 saturated heterocycles. The molecule has 2 heterocycles. The minimum Gasteiger partial charge on any atom is -0.379 e. The molecule has 1 aliphatic carbocycles. The van der Waals surface area contributed by atoms with Crippen molar-refractivity contribution in [3.8, 4) is 0 Å². The van der Waals surface area contributed by atoms with Crippen molar-refractivity contribution in [3.05, 3.63) is 11.4 Å². The van der Waals surface area contributed by atoms with Crippen LogP contribution in [0.1, 0.15) is 49.4 Å². The number of rotatable bonds is 7. The number of hydrogen-bond donors (Lipinski definition) is 0. The van der Waals surface area contributed by atoms with Gasteiger partial charge in [-0.15, -0.1) is 5.10 Å². The van der Waals surface area contributed by atoms with Crippen molar-refractivity contribution >= 4 is 5.91 Å². The van der Waals surface area contributed by atoms with Crippen LogP contribution in [-0.2, 0) is 23.1 Å². The van der Waals surface area contributed by atoms with E-state index in [0.29, 0.717) is 38.6 Å². The summed E-state index contributed by atoms with van der Waals surface area (Å²) < 4.78 is 7.72. The molecule has 0 bridgehead atoms. The second-order valence-electron chi connectivity index (χ2n) is 7.75. The maximum atomic E-state index is 12.8. The van der Waals surface area contributed by atoms with Gasteiger partial charge in [0.15, 0.2) is 0 Å². The highest BCUT2D eigenvalue weighted by atomic mass is 16.5. The number of likely N-dealkylation sites (N-methyl/N-ethyl adjacent to an activating group) is 1. The summed E-state index contributed by atoms with van der Waals surface area (Å²) in [4.78, 5) is 16.8. The van der Waals surface area contributed by atoms with Crippen LogP contribution in [0.4, 0.5) is 0 Å². The Bertz CT molecular complexity index is 580. The van der Waals surface area contributed by atoms with Gasteiger partial charge < -0.3 is 14.5 Å². The Morgan fingerprint density at radius 2 is 2.08 bits per heavy atom. The van der Waals surface area contributed by atoms with E-state index in [1.54, 1.807) is 0 Å². The Morgan fingerprint density at radius 1 is 1.32 bits per heavy atom. The summed E-state index contributed by atoms with van der Waals surface area (Å²) >= 11 is 0. The van der Waals surface area contributed by atoms with E-state index >= 15 is 0 Å². The number of carbonyl (C=O) groups excluding carboxylic acids is 1. The van der Waals surface area contributed by atoms with Crippen molar-refractivity contribution in [1.82, 2.24) is 24.8 Å². The Morgan fingerprint density at radius 3 is 2.80 bits per heavy atom. The predicted molar refractivity (Wildman–Crippen MR) is 95.1 cm³/mol. The summed E-state index contributed by atoms with van der Waals surface area (Å²) in [5.41, 5.74) is 2.05. The minimum atomic E-state index is 0.151. The standard InChI is InChI=1S/C18H31N5O2/c1-21(2)8-9-25-13-15-11-23(12-16-18(15)22(3)20-19-16)17(24)10-14-6-4-5-7-14/h14-15H,4-13H2,1-3H3. The summed E-state index contributed by atoms with van der Waals surface area (Å²) in [5, 5.41) is 8.45. The van der Waals surface area contributed by atoms with Crippen LogP contribution in [0.3, 0.4) is 0 Å². The Labute approximate surface area is 150 Å². The molecule has 1 unspecified atom stereocenters. The van der Waals surface area contributed by atoms with E-state index < -0.39 is 0 Å². The Hall–Kier alpha value is -1.47. The van der Waals surface area contributed by atoms with Crippen molar-refractivity contribution in [3.63, 3.8) is 0 Å². The fraction of sp³-hybridized carbons (Fsp3) is 0.833. The Kier molecular flexibility index (Phi) is 6.06. The first kappa shape index (κ1) is 18.3. The van der Waals surface area contributed by atoms with Crippen molar-refractivity contribution in [2.45, 2.75) is 44.6 Å². The van der Waals surface area contributed by atoms with Crippen LogP contribution in [0.2, 0.25) is 0 Å². The monoisotopic (exact) mass is 349 g/mol. The SMILES string of the molecule is CN(C)CCOCC1CN(C(=O)CC2CCCC2)Cc2nnn(C)c21. The number of nitrogens with zero attached hydrogens (tertiary/aromatic N) is 5. The molecule has 2 aliphatic rings. The van der Waals surface area contributed by atoms with E-state index in [2.05, 4.69) is 15.2 Å². The average molecular weight is 349 g/mol. The number of fused-ring (bicyclic) bond motifs is 1. The van der Waals surface area contributed by atoms with Gasteiger partial charge in [0.05, 0.1) is 25.5 Å². The molecule has 140 valence electrons. The first-order valence-corrected chi connectivity index (χ1v) is 9.43. The molecule has 1 aromatic rings. The lowest BCUT2D eigenvalue weighted by Gasteiger charge is -2.33. The lowest BCUT2D eigenvalue weighted by Crippen LogP contribution is -2.41. The maximum absolute atomic E-state index is 12.8. The molecular weight excluding hydrogens is 318 g/mol. The summed E-state index contributed by atoms with van der Waals surface area (Å²) in [6.07, 6.45) is 5.63. The van der Waals surface area contributed by atoms with Crippen LogP contribution in [0.5, 0.6) is 0 Å². The smallest absolute Gasteiger partial charge is 0.223 e. The number of aryl methyl sites for hydroxylation is 1. The zero-order valence-electron chi connectivity index (χ0n) is 15.8. The van der Waals surface area contributed by atoms with Gasteiger partial charge in [-0.2, -0.15) is 0 Å². The second kappa shape index (κ2) is 8.27. The molecule has 0 aromatic carbocycles. The molecule has 1 aromatic heterocycles. The van der Waals surface area contributed by atoms with E-state index in [9.17, 15) is 4.79 Å². The van der Waals surface area contributed by atoms with Crippen LogP contribution < -0.4 is 0 Å². The third-order valence-corrected chi connectivity index (χ3v) is 5.40. The molecule has 0 spiro atoms. The fourth-order valence-electron chi connectivity index (χ4n) is 4.00. The van der Waals surface area contributed by atoms with Gasteiger partial charge in [0.1, 0.15) is 5.69 Å². The molecule has 1 atom stereocenters. The maximum Gasteiger partial charge on any atom is 0.223 e. The summed E-state index contributed by atoms with van der Waals surface area (Å²) in [6.45, 7) is 3.49. The third-order valence-electron chi connectivity index (χ3n) is 5.40. The van der Waals surface area contributed by atoms with Crippen LogP contribution >= 0.6 is 0 Å². The minimum absolute atomic E-state index is 0.151. The van der Waals surface area contributed by atoms with Gasteiger partial charge in [-0.1, -0.05) is 18.1 Å². The lowest BCUT2D eigenvalue weighted by atomic mass is 9.97. The number of carbonyl (C=O) groups is 1. The molecule has 7 heteroatoms. The predicted octanol–water partition coefficient (Wildman–Crippen LogP) is 1.40. The number of amides is 1. The zero-order chi connectivity index (χ0) is 17.8. The number of aromatic nitrogens is 3. The molecule has 1 aliphatic heterocycles.